The SMILES string of the molecule is C/C=C1\CC2C=Nc3cc(OCc4cc(OCCCNC)cc(COc5cc6c(cc5OC)C(=O)N5C/C(=C/C)CC5C=N6)n4)c(OC)cc3C(=O)N2C1. The number of hydrogen-bond acceptors (Lipinski definition) is 11. The lowest BCUT2D eigenvalue weighted by Gasteiger charge is -2.20. The Labute approximate surface area is 315 Å². The largest absolute Gasteiger partial charge is 0.493 e. The Bertz CT molecular complexity index is 1920. The van der Waals surface area contributed by atoms with Crippen molar-refractivity contribution >= 4 is 35.6 Å². The van der Waals surface area contributed by atoms with Crippen LogP contribution in [0.15, 0.2) is 69.7 Å². The first-order valence-corrected chi connectivity index (χ1v) is 18.3. The molecular formula is C41H46N6O7. The zero-order valence-corrected chi connectivity index (χ0v) is 31.4. The zero-order valence-electron chi connectivity index (χ0n) is 31.4. The smallest absolute Gasteiger partial charge is 0.257 e. The van der Waals surface area contributed by atoms with Crippen LogP contribution in [0.3, 0.4) is 0 Å². The van der Waals surface area contributed by atoms with Gasteiger partial charge in [-0.2, -0.15) is 0 Å². The molecule has 4 aliphatic rings. The number of carbonyl (C=O) groups excluding carboxylic acids is 2. The summed E-state index contributed by atoms with van der Waals surface area (Å²) in [6.07, 6.45) is 10.2. The van der Waals surface area contributed by atoms with Crippen LogP contribution in [0.5, 0.6) is 28.7 Å². The van der Waals surface area contributed by atoms with Gasteiger partial charge in [-0.05, 0) is 58.8 Å². The Hall–Kier alpha value is -5.69. The summed E-state index contributed by atoms with van der Waals surface area (Å²) in [6.45, 7) is 6.64. The first-order chi connectivity index (χ1) is 26.3. The number of fused-ring (bicyclic) bond motifs is 4. The van der Waals surface area contributed by atoms with Gasteiger partial charge in [0, 0.05) is 49.8 Å². The van der Waals surface area contributed by atoms with E-state index in [4.69, 9.17) is 38.7 Å². The molecule has 282 valence electrons. The lowest BCUT2D eigenvalue weighted by molar-refractivity contribution is 0.0769. The van der Waals surface area contributed by atoms with Crippen LogP contribution < -0.4 is 29.0 Å². The number of pyridine rings is 1. The van der Waals surface area contributed by atoms with Gasteiger partial charge in [-0.3, -0.25) is 24.6 Å². The molecule has 0 aliphatic carbocycles. The lowest BCUT2D eigenvalue weighted by Crippen LogP contribution is -2.35. The van der Waals surface area contributed by atoms with Gasteiger partial charge in [0.15, 0.2) is 23.0 Å². The standard InChI is InChI=1S/C41H46N6O7/c1-6-25-11-29-19-43-34-17-38(36(50-4)15-32(34)40(48)46(29)21-25)53-23-27-13-31(52-10-8-9-42-3)14-28(45-27)24-54-39-18-35-33(16-37(39)51-5)41(49)47-22-26(7-2)12-30(47)20-44-35/h6-7,13-20,29-30,42H,8-12,21-24H2,1-5H3/b25-6+,26-7+. The molecule has 2 aromatic carbocycles. The van der Waals surface area contributed by atoms with Gasteiger partial charge in [0.05, 0.1) is 66.8 Å². The fourth-order valence-electron chi connectivity index (χ4n) is 7.12. The number of nitrogens with zero attached hydrogens (tertiary/aromatic N) is 5. The van der Waals surface area contributed by atoms with Crippen LogP contribution in [-0.4, -0.2) is 98.6 Å². The van der Waals surface area contributed by atoms with E-state index in [2.05, 4.69) is 17.5 Å². The van der Waals surface area contributed by atoms with E-state index in [9.17, 15) is 9.59 Å². The van der Waals surface area contributed by atoms with Crippen molar-refractivity contribution in [3.05, 3.63) is 82.2 Å². The summed E-state index contributed by atoms with van der Waals surface area (Å²) in [5.41, 5.74) is 5.62. The number of rotatable bonds is 13. The number of nitrogens with one attached hydrogen (secondary N) is 1. The summed E-state index contributed by atoms with van der Waals surface area (Å²) in [4.78, 5) is 45.0. The molecule has 2 fully saturated rings. The molecule has 0 bridgehead atoms. The second-order valence-corrected chi connectivity index (χ2v) is 13.6. The fourth-order valence-corrected chi connectivity index (χ4v) is 7.12. The predicted molar refractivity (Wildman–Crippen MR) is 206 cm³/mol. The molecule has 2 saturated heterocycles. The third-order valence-electron chi connectivity index (χ3n) is 10.1. The predicted octanol–water partition coefficient (Wildman–Crippen LogP) is 6.00. The zero-order chi connectivity index (χ0) is 37.8. The highest BCUT2D eigenvalue weighted by atomic mass is 16.5. The molecule has 2 amide bonds. The molecule has 0 spiro atoms. The molecule has 7 rings (SSSR count). The molecule has 0 saturated carbocycles. The van der Waals surface area contributed by atoms with Gasteiger partial charge in [-0.15, -0.1) is 0 Å². The van der Waals surface area contributed by atoms with E-state index >= 15 is 0 Å². The third-order valence-corrected chi connectivity index (χ3v) is 10.1. The minimum atomic E-state index is -0.0866. The number of aliphatic imine (C=N–C) groups is 2. The van der Waals surface area contributed by atoms with Crippen molar-refractivity contribution in [2.45, 2.75) is 58.4 Å². The molecule has 2 atom stereocenters. The van der Waals surface area contributed by atoms with E-state index in [1.807, 2.05) is 55.3 Å². The Kier molecular flexibility index (Phi) is 11.0. The van der Waals surface area contributed by atoms with Crippen LogP contribution in [0.25, 0.3) is 0 Å². The van der Waals surface area contributed by atoms with Gasteiger partial charge in [0.25, 0.3) is 11.8 Å². The molecule has 1 N–H and O–H groups in total. The number of aromatic nitrogens is 1. The van der Waals surface area contributed by atoms with Crippen molar-refractivity contribution < 1.29 is 33.3 Å². The Balaban J connectivity index is 1.11. The van der Waals surface area contributed by atoms with Crippen molar-refractivity contribution in [3.8, 4) is 28.7 Å². The number of amides is 2. The minimum absolute atomic E-state index is 0.0819. The Morgan fingerprint density at radius 2 is 1.22 bits per heavy atom. The van der Waals surface area contributed by atoms with Crippen molar-refractivity contribution in [1.29, 1.82) is 0 Å². The van der Waals surface area contributed by atoms with Gasteiger partial charge >= 0.3 is 0 Å². The van der Waals surface area contributed by atoms with Crippen molar-refractivity contribution in [2.24, 2.45) is 9.98 Å². The molecule has 1 aromatic heterocycles. The van der Waals surface area contributed by atoms with Gasteiger partial charge in [0.2, 0.25) is 0 Å². The molecule has 5 heterocycles. The molecular weight excluding hydrogens is 688 g/mol. The molecule has 13 nitrogen and oxygen atoms in total. The van der Waals surface area contributed by atoms with E-state index < -0.39 is 0 Å². The van der Waals surface area contributed by atoms with Gasteiger partial charge in [0.1, 0.15) is 19.0 Å². The molecule has 3 aromatic rings. The maximum atomic E-state index is 13.6. The summed E-state index contributed by atoms with van der Waals surface area (Å²) in [6, 6.07) is 10.4. The summed E-state index contributed by atoms with van der Waals surface area (Å²) in [5, 5.41) is 3.14. The minimum Gasteiger partial charge on any atom is -0.493 e. The van der Waals surface area contributed by atoms with Crippen LogP contribution in [0.1, 0.15) is 65.2 Å². The molecule has 54 heavy (non-hydrogen) atoms. The molecule has 2 unspecified atom stereocenters. The normalized spacial score (nSPS) is 20.0. The number of allylic oxidation sites excluding steroid dienone is 2. The van der Waals surface area contributed by atoms with Crippen LogP contribution in [-0.2, 0) is 13.2 Å². The number of methoxy groups -OCH3 is 2. The first kappa shape index (κ1) is 36.7. The quantitative estimate of drug-likeness (QED) is 0.166. The number of benzene rings is 2. The maximum absolute atomic E-state index is 13.6. The van der Waals surface area contributed by atoms with Crippen LogP contribution in [0.2, 0.25) is 0 Å². The average molecular weight is 735 g/mol. The molecule has 4 aliphatic heterocycles. The third kappa shape index (κ3) is 7.54. The fraction of sp³-hybridized carbons (Fsp3) is 0.390. The summed E-state index contributed by atoms with van der Waals surface area (Å²) in [7, 11) is 4.99. The highest BCUT2D eigenvalue weighted by Gasteiger charge is 2.36. The van der Waals surface area contributed by atoms with Gasteiger partial charge in [-0.1, -0.05) is 23.3 Å². The maximum Gasteiger partial charge on any atom is 0.257 e. The number of ether oxygens (including phenoxy) is 5. The van der Waals surface area contributed by atoms with Crippen molar-refractivity contribution in [1.82, 2.24) is 20.1 Å². The molecule has 13 heteroatoms. The van der Waals surface area contributed by atoms with Crippen LogP contribution >= 0.6 is 0 Å². The highest BCUT2D eigenvalue weighted by Crippen LogP contribution is 2.41. The van der Waals surface area contributed by atoms with E-state index in [1.165, 1.54) is 11.1 Å². The first-order valence-electron chi connectivity index (χ1n) is 18.3. The van der Waals surface area contributed by atoms with Crippen molar-refractivity contribution in [3.63, 3.8) is 0 Å². The monoisotopic (exact) mass is 734 g/mol. The summed E-state index contributed by atoms with van der Waals surface area (Å²) >= 11 is 0. The number of hydrogen-bond donors (Lipinski definition) is 1. The second-order valence-electron chi connectivity index (χ2n) is 13.6. The van der Waals surface area contributed by atoms with E-state index in [-0.39, 0.29) is 37.1 Å². The number of carbonyl (C=O) groups is 2. The van der Waals surface area contributed by atoms with E-state index in [0.29, 0.717) is 82.3 Å². The highest BCUT2D eigenvalue weighted by molar-refractivity contribution is 6.04. The van der Waals surface area contributed by atoms with Gasteiger partial charge < -0.3 is 38.8 Å². The topological polar surface area (TPSA) is 136 Å². The van der Waals surface area contributed by atoms with E-state index in [1.54, 1.807) is 38.5 Å². The lowest BCUT2D eigenvalue weighted by atomic mass is 10.1. The van der Waals surface area contributed by atoms with Gasteiger partial charge in [-0.25, -0.2) is 0 Å². The summed E-state index contributed by atoms with van der Waals surface area (Å²) < 4.78 is 30.1. The second kappa shape index (κ2) is 16.1. The molecule has 0 radical (unpaired) electrons. The van der Waals surface area contributed by atoms with Crippen LogP contribution in [0.4, 0.5) is 11.4 Å². The average Bonchev–Trinajstić information content (AvgIpc) is 3.76. The summed E-state index contributed by atoms with van der Waals surface area (Å²) in [5.74, 6) is 2.16. The van der Waals surface area contributed by atoms with E-state index in [0.717, 1.165) is 25.8 Å². The van der Waals surface area contributed by atoms with Crippen molar-refractivity contribution in [2.75, 3.05) is 47.5 Å². The van der Waals surface area contributed by atoms with Crippen LogP contribution in [0, 0.1) is 0 Å². The Morgan fingerprint density at radius 3 is 1.67 bits per heavy atom. The Morgan fingerprint density at radius 1 is 0.722 bits per heavy atom.